The standard InChI is InChI=1S/C25H30N2O2S/c1-26(24(28)22-13-16-30-18-22)23(17-19-7-3-2-4-8-19)20-11-14-27(15-12-20)25(29)21-9-5-6-10-21/h2-4,7-9,13,16,18,20,23H,5-6,10-12,14-15,17H2,1H3/t23-/m1/s1. The minimum absolute atomic E-state index is 0.0896. The number of piperidine rings is 1. The minimum atomic E-state index is 0.0896. The Morgan fingerprint density at radius 1 is 1.17 bits per heavy atom. The molecule has 1 saturated heterocycles. The Morgan fingerprint density at radius 2 is 1.93 bits per heavy atom. The average molecular weight is 423 g/mol. The summed E-state index contributed by atoms with van der Waals surface area (Å²) < 4.78 is 0. The zero-order valence-corrected chi connectivity index (χ0v) is 18.4. The maximum absolute atomic E-state index is 13.1. The zero-order valence-electron chi connectivity index (χ0n) is 17.6. The third kappa shape index (κ3) is 4.67. The van der Waals surface area contributed by atoms with E-state index in [1.807, 2.05) is 39.7 Å². The van der Waals surface area contributed by atoms with Crippen molar-refractivity contribution < 1.29 is 9.59 Å². The number of carbonyl (C=O) groups excluding carboxylic acids is 2. The number of allylic oxidation sites excluding steroid dienone is 1. The minimum Gasteiger partial charge on any atom is -0.339 e. The second-order valence-electron chi connectivity index (χ2n) is 8.44. The number of carbonyl (C=O) groups is 2. The van der Waals surface area contributed by atoms with Crippen LogP contribution in [0.5, 0.6) is 0 Å². The van der Waals surface area contributed by atoms with E-state index in [2.05, 4.69) is 30.3 Å². The van der Waals surface area contributed by atoms with Crippen LogP contribution in [0.25, 0.3) is 0 Å². The summed E-state index contributed by atoms with van der Waals surface area (Å²) in [6, 6.07) is 12.5. The Labute approximate surface area is 183 Å². The lowest BCUT2D eigenvalue weighted by molar-refractivity contribution is -0.128. The molecule has 1 aliphatic heterocycles. The van der Waals surface area contributed by atoms with E-state index in [1.165, 1.54) is 5.56 Å². The van der Waals surface area contributed by atoms with Gasteiger partial charge in [-0.25, -0.2) is 0 Å². The highest BCUT2D eigenvalue weighted by atomic mass is 32.1. The SMILES string of the molecule is CN(C(=O)c1ccsc1)[C@H](Cc1ccccc1)C1CCN(C(=O)C2=CCCC2)CC1. The van der Waals surface area contributed by atoms with Gasteiger partial charge >= 0.3 is 0 Å². The van der Waals surface area contributed by atoms with Gasteiger partial charge in [0.2, 0.25) is 5.91 Å². The van der Waals surface area contributed by atoms with Crippen molar-refractivity contribution in [2.75, 3.05) is 20.1 Å². The van der Waals surface area contributed by atoms with Gasteiger partial charge in [0.15, 0.2) is 0 Å². The number of thiophene rings is 1. The Morgan fingerprint density at radius 3 is 2.57 bits per heavy atom. The Balaban J connectivity index is 1.47. The molecule has 0 N–H and O–H groups in total. The van der Waals surface area contributed by atoms with E-state index in [9.17, 15) is 9.59 Å². The van der Waals surface area contributed by atoms with Crippen molar-refractivity contribution in [2.24, 2.45) is 5.92 Å². The summed E-state index contributed by atoms with van der Waals surface area (Å²) in [5.74, 6) is 0.708. The van der Waals surface area contributed by atoms with Gasteiger partial charge in [0.25, 0.3) is 5.91 Å². The maximum Gasteiger partial charge on any atom is 0.254 e. The molecule has 0 saturated carbocycles. The Hall–Kier alpha value is -2.40. The van der Waals surface area contributed by atoms with Gasteiger partial charge in [0, 0.05) is 37.1 Å². The molecule has 1 aliphatic carbocycles. The first kappa shape index (κ1) is 20.9. The summed E-state index contributed by atoms with van der Waals surface area (Å²) in [5.41, 5.74) is 3.02. The summed E-state index contributed by atoms with van der Waals surface area (Å²) in [6.07, 6.45) is 7.90. The fourth-order valence-corrected chi connectivity index (χ4v) is 5.40. The van der Waals surface area contributed by atoms with Gasteiger partial charge < -0.3 is 9.80 Å². The van der Waals surface area contributed by atoms with E-state index in [-0.39, 0.29) is 17.9 Å². The third-order valence-electron chi connectivity index (χ3n) is 6.56. The van der Waals surface area contributed by atoms with Crippen LogP contribution in [0.1, 0.15) is 48.0 Å². The molecule has 2 aliphatic rings. The normalized spacial score (nSPS) is 18.2. The van der Waals surface area contributed by atoms with E-state index in [4.69, 9.17) is 0 Å². The molecule has 2 aromatic rings. The molecule has 30 heavy (non-hydrogen) atoms. The predicted octanol–water partition coefficient (Wildman–Crippen LogP) is 4.78. The molecule has 2 amide bonds. The predicted molar refractivity (Wildman–Crippen MR) is 122 cm³/mol. The van der Waals surface area contributed by atoms with Crippen LogP contribution in [-0.2, 0) is 11.2 Å². The van der Waals surface area contributed by atoms with Gasteiger partial charge in [0.05, 0.1) is 5.56 Å². The monoisotopic (exact) mass is 422 g/mol. The molecule has 5 heteroatoms. The molecule has 0 spiro atoms. The highest BCUT2D eigenvalue weighted by Gasteiger charge is 2.33. The van der Waals surface area contributed by atoms with Crippen molar-refractivity contribution in [1.82, 2.24) is 9.80 Å². The summed E-state index contributed by atoms with van der Waals surface area (Å²) in [4.78, 5) is 29.8. The lowest BCUT2D eigenvalue weighted by Gasteiger charge is -2.40. The van der Waals surface area contributed by atoms with Gasteiger partial charge in [-0.15, -0.1) is 0 Å². The fraction of sp³-hybridized carbons (Fsp3) is 0.440. The number of likely N-dealkylation sites (tertiary alicyclic amines) is 1. The number of amides is 2. The Bertz CT molecular complexity index is 883. The van der Waals surface area contributed by atoms with Gasteiger partial charge in [-0.3, -0.25) is 9.59 Å². The van der Waals surface area contributed by atoms with Crippen LogP contribution < -0.4 is 0 Å². The lowest BCUT2D eigenvalue weighted by Crippen LogP contribution is -2.48. The smallest absolute Gasteiger partial charge is 0.254 e. The quantitative estimate of drug-likeness (QED) is 0.672. The molecule has 158 valence electrons. The first-order valence-corrected chi connectivity index (χ1v) is 11.9. The Kier molecular flexibility index (Phi) is 6.68. The van der Waals surface area contributed by atoms with Crippen LogP contribution in [0.4, 0.5) is 0 Å². The van der Waals surface area contributed by atoms with Crippen LogP contribution in [0.15, 0.2) is 58.8 Å². The van der Waals surface area contributed by atoms with Crippen LogP contribution in [0, 0.1) is 5.92 Å². The molecule has 1 atom stereocenters. The van der Waals surface area contributed by atoms with Crippen molar-refractivity contribution in [2.45, 2.75) is 44.6 Å². The lowest BCUT2D eigenvalue weighted by atomic mass is 9.84. The molecule has 0 unspecified atom stereocenters. The van der Waals surface area contributed by atoms with Crippen molar-refractivity contribution in [3.05, 3.63) is 69.9 Å². The van der Waals surface area contributed by atoms with Crippen molar-refractivity contribution in [1.29, 1.82) is 0 Å². The topological polar surface area (TPSA) is 40.6 Å². The number of hydrogen-bond acceptors (Lipinski definition) is 3. The highest BCUT2D eigenvalue weighted by Crippen LogP contribution is 2.29. The van der Waals surface area contributed by atoms with Crippen molar-refractivity contribution >= 4 is 23.2 Å². The second-order valence-corrected chi connectivity index (χ2v) is 9.22. The van der Waals surface area contributed by atoms with Gasteiger partial charge in [-0.05, 0) is 61.5 Å². The molecule has 0 radical (unpaired) electrons. The zero-order chi connectivity index (χ0) is 20.9. The van der Waals surface area contributed by atoms with E-state index < -0.39 is 0 Å². The van der Waals surface area contributed by atoms with Gasteiger partial charge in [-0.1, -0.05) is 36.4 Å². The number of benzene rings is 1. The van der Waals surface area contributed by atoms with Crippen LogP contribution >= 0.6 is 11.3 Å². The van der Waals surface area contributed by atoms with Crippen LogP contribution in [0.3, 0.4) is 0 Å². The molecule has 0 bridgehead atoms. The molecular formula is C25H30N2O2S. The highest BCUT2D eigenvalue weighted by molar-refractivity contribution is 7.08. The van der Waals surface area contributed by atoms with Crippen LogP contribution in [0.2, 0.25) is 0 Å². The van der Waals surface area contributed by atoms with E-state index in [0.717, 1.165) is 62.8 Å². The first-order valence-electron chi connectivity index (χ1n) is 10.9. The van der Waals surface area contributed by atoms with Crippen molar-refractivity contribution in [3.63, 3.8) is 0 Å². The summed E-state index contributed by atoms with van der Waals surface area (Å²) in [5, 5.41) is 3.88. The van der Waals surface area contributed by atoms with E-state index in [1.54, 1.807) is 11.3 Å². The molecule has 1 fully saturated rings. The average Bonchev–Trinajstić information content (AvgIpc) is 3.51. The van der Waals surface area contributed by atoms with Crippen LogP contribution in [-0.4, -0.2) is 47.8 Å². The fourth-order valence-electron chi connectivity index (χ4n) is 4.77. The molecule has 2 heterocycles. The molecule has 1 aromatic heterocycles. The molecular weight excluding hydrogens is 392 g/mol. The number of rotatable bonds is 6. The molecule has 4 rings (SSSR count). The van der Waals surface area contributed by atoms with E-state index >= 15 is 0 Å². The molecule has 1 aromatic carbocycles. The summed E-state index contributed by atoms with van der Waals surface area (Å²) in [6.45, 7) is 1.57. The van der Waals surface area contributed by atoms with Crippen molar-refractivity contribution in [3.8, 4) is 0 Å². The van der Waals surface area contributed by atoms with Gasteiger partial charge in [-0.2, -0.15) is 11.3 Å². The second kappa shape index (κ2) is 9.61. The summed E-state index contributed by atoms with van der Waals surface area (Å²) >= 11 is 1.56. The largest absolute Gasteiger partial charge is 0.339 e. The number of likely N-dealkylation sites (N-methyl/N-ethyl adjacent to an activating group) is 1. The van der Waals surface area contributed by atoms with Gasteiger partial charge in [0.1, 0.15) is 0 Å². The van der Waals surface area contributed by atoms with E-state index in [0.29, 0.717) is 5.92 Å². The maximum atomic E-state index is 13.1. The number of hydrogen-bond donors (Lipinski definition) is 0. The first-order chi connectivity index (χ1) is 14.6. The summed E-state index contributed by atoms with van der Waals surface area (Å²) in [7, 11) is 1.94. The molecule has 4 nitrogen and oxygen atoms in total. The third-order valence-corrected chi connectivity index (χ3v) is 7.24. The number of nitrogens with zero attached hydrogens (tertiary/aromatic N) is 2.